The zero-order valence-electron chi connectivity index (χ0n) is 12.5. The zero-order chi connectivity index (χ0) is 13.8. The van der Waals surface area contributed by atoms with Crippen LogP contribution < -0.4 is 10.2 Å². The predicted molar refractivity (Wildman–Crippen MR) is 78.8 cm³/mol. The normalized spacial score (nSPS) is 25.6. The SMILES string of the molecule is CC(Cc1nc(N2CCCCC2)no1)C1CCCNC1. The molecule has 0 aromatic carbocycles. The minimum Gasteiger partial charge on any atom is -0.338 e. The molecule has 1 N–H and O–H groups in total. The Morgan fingerprint density at radius 1 is 1.30 bits per heavy atom. The Kier molecular flexibility index (Phi) is 4.55. The van der Waals surface area contributed by atoms with Crippen molar-refractivity contribution in [1.29, 1.82) is 0 Å². The third kappa shape index (κ3) is 3.32. The molecule has 112 valence electrons. The van der Waals surface area contributed by atoms with Crippen LogP contribution in [0.15, 0.2) is 4.52 Å². The Morgan fingerprint density at radius 3 is 2.90 bits per heavy atom. The van der Waals surface area contributed by atoms with Gasteiger partial charge in [0, 0.05) is 19.5 Å². The Balaban J connectivity index is 1.56. The summed E-state index contributed by atoms with van der Waals surface area (Å²) in [7, 11) is 0. The monoisotopic (exact) mass is 278 g/mol. The first-order chi connectivity index (χ1) is 9.83. The van der Waals surface area contributed by atoms with E-state index in [0.29, 0.717) is 5.92 Å². The van der Waals surface area contributed by atoms with Gasteiger partial charge in [0.05, 0.1) is 0 Å². The lowest BCUT2D eigenvalue weighted by Crippen LogP contribution is -2.34. The van der Waals surface area contributed by atoms with E-state index in [4.69, 9.17) is 4.52 Å². The van der Waals surface area contributed by atoms with Gasteiger partial charge in [-0.15, -0.1) is 0 Å². The van der Waals surface area contributed by atoms with Crippen LogP contribution in [0, 0.1) is 11.8 Å². The summed E-state index contributed by atoms with van der Waals surface area (Å²) in [5.74, 6) is 2.96. The molecule has 0 aliphatic carbocycles. The van der Waals surface area contributed by atoms with Gasteiger partial charge in [0.1, 0.15) is 0 Å². The van der Waals surface area contributed by atoms with Crippen LogP contribution in [0.25, 0.3) is 0 Å². The van der Waals surface area contributed by atoms with Gasteiger partial charge in [-0.05, 0) is 62.2 Å². The molecule has 0 bridgehead atoms. The molecule has 2 aliphatic rings. The highest BCUT2D eigenvalue weighted by Gasteiger charge is 2.23. The highest BCUT2D eigenvalue weighted by atomic mass is 16.5. The summed E-state index contributed by atoms with van der Waals surface area (Å²) in [6, 6.07) is 0. The lowest BCUT2D eigenvalue weighted by atomic mass is 9.85. The molecule has 5 heteroatoms. The second-order valence-corrected chi connectivity index (χ2v) is 6.32. The Hall–Kier alpha value is -1.10. The molecule has 1 aromatic heterocycles. The van der Waals surface area contributed by atoms with Crippen LogP contribution in [0.2, 0.25) is 0 Å². The highest BCUT2D eigenvalue weighted by molar-refractivity contribution is 5.28. The minimum absolute atomic E-state index is 0.609. The van der Waals surface area contributed by atoms with Gasteiger partial charge < -0.3 is 14.7 Å². The number of hydrogen-bond donors (Lipinski definition) is 1. The van der Waals surface area contributed by atoms with Gasteiger partial charge in [0.2, 0.25) is 5.89 Å². The van der Waals surface area contributed by atoms with Crippen molar-refractivity contribution in [2.75, 3.05) is 31.1 Å². The van der Waals surface area contributed by atoms with Gasteiger partial charge in [-0.1, -0.05) is 6.92 Å². The topological polar surface area (TPSA) is 54.2 Å². The molecular weight excluding hydrogens is 252 g/mol. The van der Waals surface area contributed by atoms with Crippen LogP contribution in [0.3, 0.4) is 0 Å². The third-order valence-corrected chi connectivity index (χ3v) is 4.73. The molecule has 3 heterocycles. The summed E-state index contributed by atoms with van der Waals surface area (Å²) in [6.07, 6.45) is 7.33. The van der Waals surface area contributed by atoms with E-state index in [-0.39, 0.29) is 0 Å². The maximum Gasteiger partial charge on any atom is 0.266 e. The van der Waals surface area contributed by atoms with Gasteiger partial charge in [-0.25, -0.2) is 0 Å². The fourth-order valence-electron chi connectivity index (χ4n) is 3.36. The average molecular weight is 278 g/mol. The van der Waals surface area contributed by atoms with Gasteiger partial charge >= 0.3 is 0 Å². The van der Waals surface area contributed by atoms with Crippen LogP contribution in [0.5, 0.6) is 0 Å². The standard InChI is InChI=1S/C15H26N4O/c1-12(13-6-5-7-16-11-13)10-14-17-15(18-20-14)19-8-3-2-4-9-19/h12-13,16H,2-11H2,1H3. The lowest BCUT2D eigenvalue weighted by Gasteiger charge is -2.27. The van der Waals surface area contributed by atoms with Crippen LogP contribution in [-0.4, -0.2) is 36.3 Å². The van der Waals surface area contributed by atoms with Crippen molar-refractivity contribution in [2.24, 2.45) is 11.8 Å². The fraction of sp³-hybridized carbons (Fsp3) is 0.867. The molecule has 2 atom stereocenters. The van der Waals surface area contributed by atoms with Crippen LogP contribution >= 0.6 is 0 Å². The molecule has 5 nitrogen and oxygen atoms in total. The van der Waals surface area contributed by atoms with Gasteiger partial charge in [0.15, 0.2) is 0 Å². The van der Waals surface area contributed by atoms with Crippen LogP contribution in [-0.2, 0) is 6.42 Å². The van der Waals surface area contributed by atoms with Crippen molar-refractivity contribution in [1.82, 2.24) is 15.5 Å². The van der Waals surface area contributed by atoms with E-state index < -0.39 is 0 Å². The molecule has 2 saturated heterocycles. The van der Waals surface area contributed by atoms with Gasteiger partial charge in [-0.2, -0.15) is 4.98 Å². The summed E-state index contributed by atoms with van der Waals surface area (Å²) < 4.78 is 5.46. The quantitative estimate of drug-likeness (QED) is 0.915. The Bertz CT molecular complexity index is 408. The van der Waals surface area contributed by atoms with Crippen LogP contribution in [0.4, 0.5) is 5.95 Å². The summed E-state index contributed by atoms with van der Waals surface area (Å²) in [6.45, 7) is 6.75. The predicted octanol–water partition coefficient (Wildman–Crippen LogP) is 2.24. The molecule has 0 spiro atoms. The molecule has 0 saturated carbocycles. The third-order valence-electron chi connectivity index (χ3n) is 4.73. The van der Waals surface area contributed by atoms with Crippen molar-refractivity contribution in [3.8, 4) is 0 Å². The number of aromatic nitrogens is 2. The molecule has 20 heavy (non-hydrogen) atoms. The second kappa shape index (κ2) is 6.57. The summed E-state index contributed by atoms with van der Waals surface area (Å²) >= 11 is 0. The van der Waals surface area contributed by atoms with Crippen molar-refractivity contribution in [3.63, 3.8) is 0 Å². The fourth-order valence-corrected chi connectivity index (χ4v) is 3.36. The van der Waals surface area contributed by atoms with Crippen molar-refractivity contribution in [3.05, 3.63) is 5.89 Å². The van der Waals surface area contributed by atoms with Crippen molar-refractivity contribution in [2.45, 2.75) is 45.4 Å². The second-order valence-electron chi connectivity index (χ2n) is 6.32. The van der Waals surface area contributed by atoms with Gasteiger partial charge in [-0.3, -0.25) is 0 Å². The van der Waals surface area contributed by atoms with E-state index in [1.165, 1.54) is 38.6 Å². The maximum absolute atomic E-state index is 5.46. The maximum atomic E-state index is 5.46. The Morgan fingerprint density at radius 2 is 2.15 bits per heavy atom. The summed E-state index contributed by atoms with van der Waals surface area (Å²) in [5.41, 5.74) is 0. The summed E-state index contributed by atoms with van der Waals surface area (Å²) in [5, 5.41) is 7.65. The molecule has 1 aromatic rings. The molecular formula is C15H26N4O. The van der Waals surface area contributed by atoms with Gasteiger partial charge in [0.25, 0.3) is 5.95 Å². The number of nitrogens with one attached hydrogen (secondary N) is 1. The van der Waals surface area contributed by atoms with E-state index in [9.17, 15) is 0 Å². The molecule has 2 aliphatic heterocycles. The molecule has 2 fully saturated rings. The van der Waals surface area contributed by atoms with E-state index in [2.05, 4.69) is 27.3 Å². The van der Waals surface area contributed by atoms with E-state index >= 15 is 0 Å². The highest BCUT2D eigenvalue weighted by Crippen LogP contribution is 2.24. The average Bonchev–Trinajstić information content (AvgIpc) is 2.97. The van der Waals surface area contributed by atoms with Crippen molar-refractivity contribution < 1.29 is 4.52 Å². The van der Waals surface area contributed by atoms with E-state index in [1.54, 1.807) is 0 Å². The number of hydrogen-bond acceptors (Lipinski definition) is 5. The number of anilines is 1. The van der Waals surface area contributed by atoms with Crippen molar-refractivity contribution >= 4 is 5.95 Å². The first kappa shape index (κ1) is 13.9. The molecule has 3 rings (SSSR count). The first-order valence-electron chi connectivity index (χ1n) is 8.11. The number of rotatable bonds is 4. The minimum atomic E-state index is 0.609. The Labute approximate surface area is 121 Å². The van der Waals surface area contributed by atoms with E-state index in [0.717, 1.165) is 43.8 Å². The number of nitrogens with zero attached hydrogens (tertiary/aromatic N) is 3. The zero-order valence-corrected chi connectivity index (χ0v) is 12.5. The smallest absolute Gasteiger partial charge is 0.266 e. The molecule has 0 amide bonds. The summed E-state index contributed by atoms with van der Waals surface area (Å²) in [4.78, 5) is 6.85. The lowest BCUT2D eigenvalue weighted by molar-refractivity contribution is 0.257. The first-order valence-corrected chi connectivity index (χ1v) is 8.11. The van der Waals surface area contributed by atoms with Crippen LogP contribution in [0.1, 0.15) is 44.9 Å². The largest absolute Gasteiger partial charge is 0.338 e. The molecule has 0 radical (unpaired) electrons. The molecule has 2 unspecified atom stereocenters. The number of piperidine rings is 2. The van der Waals surface area contributed by atoms with E-state index in [1.807, 2.05) is 0 Å².